The lowest BCUT2D eigenvalue weighted by Gasteiger charge is -2.43. The fourth-order valence-corrected chi connectivity index (χ4v) is 4.97. The Morgan fingerprint density at radius 1 is 1.04 bits per heavy atom. The van der Waals surface area contributed by atoms with Crippen LogP contribution in [-0.4, -0.2) is 85.4 Å². The summed E-state index contributed by atoms with van der Waals surface area (Å²) in [6, 6.07) is 0.800. The summed E-state index contributed by atoms with van der Waals surface area (Å²) in [5.74, 6) is 0.752. The highest BCUT2D eigenvalue weighted by molar-refractivity contribution is 5.83. The Morgan fingerprint density at radius 2 is 1.72 bits per heavy atom. The van der Waals surface area contributed by atoms with Crippen LogP contribution in [-0.2, 0) is 9.59 Å². The van der Waals surface area contributed by atoms with E-state index in [0.717, 1.165) is 64.6 Å². The van der Waals surface area contributed by atoms with Crippen molar-refractivity contribution in [2.45, 2.75) is 44.6 Å². The summed E-state index contributed by atoms with van der Waals surface area (Å²) in [6.07, 6.45) is 7.30. The van der Waals surface area contributed by atoms with Gasteiger partial charge in [0.15, 0.2) is 0 Å². The van der Waals surface area contributed by atoms with Crippen LogP contribution in [0.3, 0.4) is 0 Å². The maximum atomic E-state index is 12.9. The Balaban J connectivity index is 1.23. The Labute approximate surface area is 150 Å². The minimum absolute atomic E-state index is 0.0868. The number of nitrogens with one attached hydrogen (secondary N) is 1. The number of piperidine rings is 1. The molecule has 1 unspecified atom stereocenters. The number of hydrogen-bond acceptors (Lipinski definition) is 4. The van der Waals surface area contributed by atoms with Crippen LogP contribution in [0.15, 0.2) is 0 Å². The number of carbonyl (C=O) groups excluding carboxylic acids is 2. The summed E-state index contributed by atoms with van der Waals surface area (Å²) < 4.78 is 0. The summed E-state index contributed by atoms with van der Waals surface area (Å²) in [7, 11) is 1.69. The van der Waals surface area contributed by atoms with Gasteiger partial charge in [-0.25, -0.2) is 0 Å². The van der Waals surface area contributed by atoms with E-state index in [4.69, 9.17) is 0 Å². The quantitative estimate of drug-likeness (QED) is 0.805. The first-order valence-electron chi connectivity index (χ1n) is 10.1. The Hall–Kier alpha value is -1.14. The van der Waals surface area contributed by atoms with Gasteiger partial charge in [0.1, 0.15) is 0 Å². The maximum absolute atomic E-state index is 12.9. The maximum Gasteiger partial charge on any atom is 0.233 e. The molecule has 2 heterocycles. The second kappa shape index (κ2) is 6.88. The van der Waals surface area contributed by atoms with Crippen LogP contribution in [0.25, 0.3) is 0 Å². The SMILES string of the molecule is CNC(=O)CN1CCC2(CC1)CC2C(=O)N1CCN(C2CCC2)CC1. The van der Waals surface area contributed by atoms with Crippen molar-refractivity contribution >= 4 is 11.8 Å². The van der Waals surface area contributed by atoms with Gasteiger partial charge in [0.05, 0.1) is 6.54 Å². The largest absolute Gasteiger partial charge is 0.358 e. The van der Waals surface area contributed by atoms with Gasteiger partial charge in [0.25, 0.3) is 0 Å². The van der Waals surface area contributed by atoms with Crippen LogP contribution >= 0.6 is 0 Å². The molecule has 0 aromatic carbocycles. The Kier molecular flexibility index (Phi) is 4.75. The first kappa shape index (κ1) is 17.3. The minimum Gasteiger partial charge on any atom is -0.358 e. The molecule has 25 heavy (non-hydrogen) atoms. The number of amides is 2. The Bertz CT molecular complexity index is 518. The zero-order valence-electron chi connectivity index (χ0n) is 15.5. The molecule has 1 atom stereocenters. The van der Waals surface area contributed by atoms with E-state index in [9.17, 15) is 9.59 Å². The third-order valence-corrected chi connectivity index (χ3v) is 7.20. The molecule has 4 rings (SSSR count). The van der Waals surface area contributed by atoms with Gasteiger partial charge in [-0.15, -0.1) is 0 Å². The van der Waals surface area contributed by atoms with Crippen molar-refractivity contribution in [1.29, 1.82) is 0 Å². The monoisotopic (exact) mass is 348 g/mol. The molecule has 2 saturated heterocycles. The summed E-state index contributed by atoms with van der Waals surface area (Å²) >= 11 is 0. The standard InChI is InChI=1S/C19H32N4O2/c1-20-17(24)14-21-7-5-19(6-8-21)13-16(19)18(25)23-11-9-22(10-12-23)15-3-2-4-15/h15-16H,2-14H2,1H3,(H,20,24). The number of likely N-dealkylation sites (tertiary alicyclic amines) is 1. The Morgan fingerprint density at radius 3 is 2.28 bits per heavy atom. The van der Waals surface area contributed by atoms with Crippen LogP contribution in [0.2, 0.25) is 0 Å². The van der Waals surface area contributed by atoms with Gasteiger partial charge in [-0.05, 0) is 50.6 Å². The lowest BCUT2D eigenvalue weighted by Crippen LogP contribution is -2.54. The van der Waals surface area contributed by atoms with Crippen molar-refractivity contribution in [2.75, 3.05) is 52.9 Å². The number of carbonyl (C=O) groups is 2. The van der Waals surface area contributed by atoms with Gasteiger partial charge in [-0.2, -0.15) is 0 Å². The number of likely N-dealkylation sites (N-methyl/N-ethyl adjacent to an activating group) is 1. The normalized spacial score (nSPS) is 30.1. The molecule has 0 bridgehead atoms. The molecule has 1 N–H and O–H groups in total. The van der Waals surface area contributed by atoms with Crippen LogP contribution in [0.1, 0.15) is 38.5 Å². The van der Waals surface area contributed by atoms with Gasteiger partial charge in [-0.3, -0.25) is 19.4 Å². The lowest BCUT2D eigenvalue weighted by molar-refractivity contribution is -0.136. The molecule has 2 amide bonds. The van der Waals surface area contributed by atoms with Crippen molar-refractivity contribution < 1.29 is 9.59 Å². The first-order valence-corrected chi connectivity index (χ1v) is 10.1. The van der Waals surface area contributed by atoms with Gasteiger partial charge in [0.2, 0.25) is 11.8 Å². The van der Waals surface area contributed by atoms with Gasteiger partial charge < -0.3 is 10.2 Å². The fourth-order valence-electron chi connectivity index (χ4n) is 4.97. The van der Waals surface area contributed by atoms with Crippen molar-refractivity contribution in [3.8, 4) is 0 Å². The highest BCUT2D eigenvalue weighted by atomic mass is 16.2. The molecule has 4 aliphatic rings. The molecule has 0 radical (unpaired) electrons. The molecule has 6 nitrogen and oxygen atoms in total. The molecule has 4 fully saturated rings. The molecule has 1 spiro atoms. The van der Waals surface area contributed by atoms with Gasteiger partial charge >= 0.3 is 0 Å². The molecule has 2 saturated carbocycles. The highest BCUT2D eigenvalue weighted by Gasteiger charge is 2.59. The molecular weight excluding hydrogens is 316 g/mol. The fraction of sp³-hybridized carbons (Fsp3) is 0.895. The third-order valence-electron chi connectivity index (χ3n) is 7.20. The van der Waals surface area contributed by atoms with E-state index >= 15 is 0 Å². The average Bonchev–Trinajstić information content (AvgIpc) is 3.29. The highest BCUT2D eigenvalue weighted by Crippen LogP contribution is 2.60. The van der Waals surface area contributed by atoms with Crippen molar-refractivity contribution in [3.63, 3.8) is 0 Å². The number of rotatable bonds is 4. The number of hydrogen-bond donors (Lipinski definition) is 1. The van der Waals surface area contributed by atoms with Crippen LogP contribution < -0.4 is 5.32 Å². The van der Waals surface area contributed by atoms with E-state index in [0.29, 0.717) is 12.5 Å². The smallest absolute Gasteiger partial charge is 0.233 e. The summed E-state index contributed by atoms with van der Waals surface area (Å²) in [5, 5.41) is 2.69. The molecule has 2 aliphatic carbocycles. The van der Waals surface area contributed by atoms with E-state index in [1.54, 1.807) is 7.05 Å². The second-order valence-corrected chi connectivity index (χ2v) is 8.51. The molecule has 140 valence electrons. The average molecular weight is 348 g/mol. The predicted molar refractivity (Wildman–Crippen MR) is 96.1 cm³/mol. The van der Waals surface area contributed by atoms with E-state index in [-0.39, 0.29) is 17.2 Å². The summed E-state index contributed by atoms with van der Waals surface area (Å²) in [5.41, 5.74) is 0.251. The topological polar surface area (TPSA) is 55.9 Å². The predicted octanol–water partition coefficient (Wildman–Crippen LogP) is 0.531. The summed E-state index contributed by atoms with van der Waals surface area (Å²) in [4.78, 5) is 31.4. The first-order chi connectivity index (χ1) is 12.1. The van der Waals surface area contributed by atoms with E-state index < -0.39 is 0 Å². The number of nitrogens with zero attached hydrogens (tertiary/aromatic N) is 3. The van der Waals surface area contributed by atoms with E-state index in [1.807, 2.05) is 0 Å². The second-order valence-electron chi connectivity index (χ2n) is 8.51. The third kappa shape index (κ3) is 3.43. The molecule has 2 aliphatic heterocycles. The van der Waals surface area contributed by atoms with E-state index in [2.05, 4.69) is 20.0 Å². The van der Waals surface area contributed by atoms with Crippen molar-refractivity contribution in [3.05, 3.63) is 0 Å². The molecule has 0 aromatic rings. The van der Waals surface area contributed by atoms with Gasteiger partial charge in [-0.1, -0.05) is 6.42 Å². The lowest BCUT2D eigenvalue weighted by atomic mass is 9.90. The molecule has 6 heteroatoms. The summed E-state index contributed by atoms with van der Waals surface area (Å²) in [6.45, 7) is 6.37. The zero-order valence-corrected chi connectivity index (χ0v) is 15.5. The van der Waals surface area contributed by atoms with Crippen LogP contribution in [0.5, 0.6) is 0 Å². The van der Waals surface area contributed by atoms with Crippen molar-refractivity contribution in [2.24, 2.45) is 11.3 Å². The van der Waals surface area contributed by atoms with Gasteiger partial charge in [0, 0.05) is 45.2 Å². The molecular formula is C19H32N4O2. The van der Waals surface area contributed by atoms with E-state index in [1.165, 1.54) is 19.3 Å². The molecule has 0 aromatic heterocycles. The van der Waals surface area contributed by atoms with Crippen LogP contribution in [0, 0.1) is 11.3 Å². The zero-order chi connectivity index (χ0) is 17.4. The number of piperazine rings is 1. The minimum atomic E-state index is 0.0868. The van der Waals surface area contributed by atoms with Crippen LogP contribution in [0.4, 0.5) is 0 Å². The van der Waals surface area contributed by atoms with Crippen molar-refractivity contribution in [1.82, 2.24) is 20.0 Å².